The highest BCUT2D eigenvalue weighted by Gasteiger charge is 2.02. The van der Waals surface area contributed by atoms with Crippen molar-refractivity contribution >= 4 is 17.9 Å². The van der Waals surface area contributed by atoms with Crippen molar-refractivity contribution in [2.75, 3.05) is 12.4 Å². The lowest BCUT2D eigenvalue weighted by Gasteiger charge is -2.03. The Balaban J connectivity index is 1.90. The molecule has 2 amide bonds. The molecule has 0 aliphatic rings. The Morgan fingerprint density at radius 2 is 2.00 bits per heavy atom. The van der Waals surface area contributed by atoms with Gasteiger partial charge < -0.3 is 10.1 Å². The number of carbonyl (C=O) groups is 1. The van der Waals surface area contributed by atoms with Gasteiger partial charge in [0.1, 0.15) is 0 Å². The zero-order chi connectivity index (χ0) is 15.1. The second-order valence-electron chi connectivity index (χ2n) is 4.08. The molecule has 2 aromatic carbocycles. The molecule has 0 unspecified atom stereocenters. The zero-order valence-corrected chi connectivity index (χ0v) is 11.3. The number of anilines is 1. The highest BCUT2D eigenvalue weighted by atomic mass is 19.1. The zero-order valence-electron chi connectivity index (χ0n) is 11.3. The summed E-state index contributed by atoms with van der Waals surface area (Å²) in [4.78, 5) is 11.5. The molecule has 108 valence electrons. The van der Waals surface area contributed by atoms with E-state index in [1.807, 2.05) is 6.07 Å². The number of amides is 2. The number of ether oxygens (including phenoxy) is 1. The molecule has 0 aliphatic heterocycles. The minimum Gasteiger partial charge on any atom is -0.494 e. The Labute approximate surface area is 121 Å². The van der Waals surface area contributed by atoms with Gasteiger partial charge in [-0.1, -0.05) is 18.2 Å². The van der Waals surface area contributed by atoms with Gasteiger partial charge in [0.15, 0.2) is 11.6 Å². The number of benzene rings is 2. The summed E-state index contributed by atoms with van der Waals surface area (Å²) in [5.74, 6) is -0.336. The molecule has 2 aromatic rings. The summed E-state index contributed by atoms with van der Waals surface area (Å²) in [5, 5.41) is 6.34. The summed E-state index contributed by atoms with van der Waals surface area (Å²) in [7, 11) is 1.39. The number of hydrogen-bond donors (Lipinski definition) is 2. The average Bonchev–Trinajstić information content (AvgIpc) is 2.48. The van der Waals surface area contributed by atoms with E-state index in [-0.39, 0.29) is 5.75 Å². The van der Waals surface area contributed by atoms with Crippen molar-refractivity contribution in [1.29, 1.82) is 0 Å². The number of hydrazone groups is 1. The van der Waals surface area contributed by atoms with Gasteiger partial charge in [-0.2, -0.15) is 5.10 Å². The third-order valence-corrected chi connectivity index (χ3v) is 2.59. The van der Waals surface area contributed by atoms with E-state index in [0.29, 0.717) is 11.3 Å². The van der Waals surface area contributed by atoms with Crippen LogP contribution in [0.2, 0.25) is 0 Å². The molecule has 2 N–H and O–H groups in total. The number of hydrogen-bond acceptors (Lipinski definition) is 3. The smallest absolute Gasteiger partial charge is 0.339 e. The van der Waals surface area contributed by atoms with Crippen LogP contribution in [0.15, 0.2) is 53.6 Å². The lowest BCUT2D eigenvalue weighted by Crippen LogP contribution is -2.24. The molecule has 0 spiro atoms. The molecule has 0 fully saturated rings. The van der Waals surface area contributed by atoms with E-state index < -0.39 is 11.8 Å². The maximum Gasteiger partial charge on any atom is 0.339 e. The summed E-state index contributed by atoms with van der Waals surface area (Å²) in [6.45, 7) is 0. The van der Waals surface area contributed by atoms with Crippen LogP contribution in [-0.4, -0.2) is 19.4 Å². The van der Waals surface area contributed by atoms with Gasteiger partial charge in [-0.15, -0.1) is 0 Å². The molecule has 5 nitrogen and oxygen atoms in total. The third kappa shape index (κ3) is 4.31. The lowest BCUT2D eigenvalue weighted by molar-refractivity contribution is 0.252. The van der Waals surface area contributed by atoms with Crippen molar-refractivity contribution < 1.29 is 13.9 Å². The first-order valence-electron chi connectivity index (χ1n) is 6.17. The van der Waals surface area contributed by atoms with Crippen LogP contribution in [-0.2, 0) is 0 Å². The van der Waals surface area contributed by atoms with Crippen molar-refractivity contribution in [2.45, 2.75) is 0 Å². The number of methoxy groups -OCH3 is 1. The van der Waals surface area contributed by atoms with Crippen molar-refractivity contribution in [3.05, 3.63) is 59.9 Å². The Kier molecular flexibility index (Phi) is 4.87. The maximum atomic E-state index is 13.4. The van der Waals surface area contributed by atoms with Crippen molar-refractivity contribution in [1.82, 2.24) is 5.43 Å². The predicted molar refractivity (Wildman–Crippen MR) is 79.1 cm³/mol. The van der Waals surface area contributed by atoms with Crippen LogP contribution >= 0.6 is 0 Å². The average molecular weight is 287 g/mol. The molecule has 0 bridgehead atoms. The summed E-state index contributed by atoms with van der Waals surface area (Å²) in [6, 6.07) is 12.9. The summed E-state index contributed by atoms with van der Waals surface area (Å²) >= 11 is 0. The summed E-state index contributed by atoms with van der Waals surface area (Å²) in [6.07, 6.45) is 1.34. The van der Waals surface area contributed by atoms with Crippen LogP contribution in [0.25, 0.3) is 0 Å². The van der Waals surface area contributed by atoms with E-state index in [4.69, 9.17) is 4.74 Å². The van der Waals surface area contributed by atoms with Crippen LogP contribution in [0.1, 0.15) is 5.56 Å². The van der Waals surface area contributed by atoms with E-state index >= 15 is 0 Å². The highest BCUT2D eigenvalue weighted by molar-refractivity contribution is 5.90. The molecule has 0 radical (unpaired) electrons. The molecule has 0 saturated carbocycles. The van der Waals surface area contributed by atoms with E-state index in [2.05, 4.69) is 15.8 Å². The first-order chi connectivity index (χ1) is 10.2. The summed E-state index contributed by atoms with van der Waals surface area (Å²) in [5.41, 5.74) is 3.45. The van der Waals surface area contributed by atoms with Crippen LogP contribution in [0, 0.1) is 5.82 Å². The molecule has 0 atom stereocenters. The molecule has 0 saturated heterocycles. The van der Waals surface area contributed by atoms with Gasteiger partial charge in [-0.3, -0.25) is 0 Å². The monoisotopic (exact) mass is 287 g/mol. The topological polar surface area (TPSA) is 62.7 Å². The number of halogens is 1. The lowest BCUT2D eigenvalue weighted by atomic mass is 10.2. The number of carbonyl (C=O) groups excluding carboxylic acids is 1. The molecule has 0 heterocycles. The van der Waals surface area contributed by atoms with E-state index in [9.17, 15) is 9.18 Å². The normalized spacial score (nSPS) is 10.4. The van der Waals surface area contributed by atoms with Crippen LogP contribution in [0.5, 0.6) is 5.75 Å². The Bertz CT molecular complexity index is 645. The molecular formula is C15H14FN3O2. The maximum absolute atomic E-state index is 13.4. The van der Waals surface area contributed by atoms with Gasteiger partial charge in [0.25, 0.3) is 0 Å². The standard InChI is InChI=1S/C15H14FN3O2/c1-21-14-8-7-11(9-13(14)16)10-17-19-15(20)18-12-5-3-2-4-6-12/h2-10H,1H3,(H2,18,19,20)/b17-10-. The van der Waals surface area contributed by atoms with Gasteiger partial charge in [0.05, 0.1) is 13.3 Å². The van der Waals surface area contributed by atoms with Gasteiger partial charge in [0, 0.05) is 5.69 Å². The number of nitrogens with zero attached hydrogens (tertiary/aromatic N) is 1. The van der Waals surface area contributed by atoms with Crippen molar-refractivity contribution in [2.24, 2.45) is 5.10 Å². The number of para-hydroxylation sites is 1. The van der Waals surface area contributed by atoms with Gasteiger partial charge in [0.2, 0.25) is 0 Å². The predicted octanol–water partition coefficient (Wildman–Crippen LogP) is 2.99. The molecule has 2 rings (SSSR count). The van der Waals surface area contributed by atoms with Gasteiger partial charge in [-0.25, -0.2) is 14.6 Å². The number of nitrogens with one attached hydrogen (secondary N) is 2. The van der Waals surface area contributed by atoms with Crippen molar-refractivity contribution in [3.8, 4) is 5.75 Å². The fraction of sp³-hybridized carbons (Fsp3) is 0.0667. The van der Waals surface area contributed by atoms with E-state index in [1.54, 1.807) is 30.3 Å². The first-order valence-corrected chi connectivity index (χ1v) is 6.17. The molecule has 0 aliphatic carbocycles. The summed E-state index contributed by atoms with van der Waals surface area (Å²) < 4.78 is 18.2. The molecular weight excluding hydrogens is 273 g/mol. The molecule has 0 aromatic heterocycles. The highest BCUT2D eigenvalue weighted by Crippen LogP contribution is 2.16. The number of urea groups is 1. The fourth-order valence-corrected chi connectivity index (χ4v) is 1.61. The Morgan fingerprint density at radius 3 is 2.67 bits per heavy atom. The van der Waals surface area contributed by atoms with Gasteiger partial charge in [-0.05, 0) is 35.9 Å². The van der Waals surface area contributed by atoms with Crippen molar-refractivity contribution in [3.63, 3.8) is 0 Å². The minimum absolute atomic E-state index is 0.155. The second-order valence-corrected chi connectivity index (χ2v) is 4.08. The van der Waals surface area contributed by atoms with Crippen LogP contribution in [0.3, 0.4) is 0 Å². The fourth-order valence-electron chi connectivity index (χ4n) is 1.61. The first kappa shape index (κ1) is 14.5. The van der Waals surface area contributed by atoms with E-state index in [1.165, 1.54) is 25.5 Å². The Morgan fingerprint density at radius 1 is 1.24 bits per heavy atom. The number of rotatable bonds is 4. The molecule has 21 heavy (non-hydrogen) atoms. The van der Waals surface area contributed by atoms with Crippen LogP contribution < -0.4 is 15.5 Å². The SMILES string of the molecule is COc1ccc(/C=N\NC(=O)Nc2ccccc2)cc1F. The van der Waals surface area contributed by atoms with Gasteiger partial charge >= 0.3 is 6.03 Å². The minimum atomic E-state index is -0.491. The largest absolute Gasteiger partial charge is 0.494 e. The molecule has 6 heteroatoms. The quantitative estimate of drug-likeness (QED) is 0.670. The Hall–Kier alpha value is -2.89. The third-order valence-electron chi connectivity index (χ3n) is 2.59. The van der Waals surface area contributed by atoms with Crippen LogP contribution in [0.4, 0.5) is 14.9 Å². The van der Waals surface area contributed by atoms with E-state index in [0.717, 1.165) is 0 Å². The second kappa shape index (κ2) is 7.04.